The van der Waals surface area contributed by atoms with Crippen LogP contribution in [0.25, 0.3) is 0 Å². The average molecular weight is 255 g/mol. The van der Waals surface area contributed by atoms with Gasteiger partial charge in [-0.2, -0.15) is 0 Å². The van der Waals surface area contributed by atoms with Crippen molar-refractivity contribution in [1.29, 1.82) is 0 Å². The predicted octanol–water partition coefficient (Wildman–Crippen LogP) is 2.02. The molecule has 1 aliphatic carbocycles. The van der Waals surface area contributed by atoms with Crippen LogP contribution in [-0.2, 0) is 14.3 Å². The normalized spacial score (nSPS) is 25.1. The number of carbonyl (C=O) groups is 2. The average Bonchev–Trinajstić information content (AvgIpc) is 3.04. The molecule has 1 saturated carbocycles. The fourth-order valence-electron chi connectivity index (χ4n) is 1.79. The van der Waals surface area contributed by atoms with Gasteiger partial charge in [-0.05, 0) is 19.8 Å². The summed E-state index contributed by atoms with van der Waals surface area (Å²) in [5.74, 6) is -0.488. The van der Waals surface area contributed by atoms with Gasteiger partial charge >= 0.3 is 12.1 Å². The summed E-state index contributed by atoms with van der Waals surface area (Å²) in [4.78, 5) is 23.4. The minimum absolute atomic E-state index is 0.0738. The molecule has 0 aromatic carbocycles. The lowest BCUT2D eigenvalue weighted by atomic mass is 10.2. The van der Waals surface area contributed by atoms with E-state index in [4.69, 9.17) is 9.47 Å². The van der Waals surface area contributed by atoms with Gasteiger partial charge in [0, 0.05) is 5.92 Å². The molecule has 0 radical (unpaired) electrons. The van der Waals surface area contributed by atoms with Crippen LogP contribution >= 0.6 is 0 Å². The molecule has 1 fully saturated rings. The van der Waals surface area contributed by atoms with E-state index in [2.05, 4.69) is 11.9 Å². The van der Waals surface area contributed by atoms with Crippen LogP contribution in [0.15, 0.2) is 12.7 Å². The minimum atomic E-state index is -0.957. The topological polar surface area (TPSA) is 64.6 Å². The van der Waals surface area contributed by atoms with E-state index in [-0.39, 0.29) is 12.5 Å². The van der Waals surface area contributed by atoms with E-state index in [9.17, 15) is 9.59 Å². The van der Waals surface area contributed by atoms with Crippen molar-refractivity contribution < 1.29 is 19.1 Å². The maximum absolute atomic E-state index is 11.8. The summed E-state index contributed by atoms with van der Waals surface area (Å²) in [5.41, 5.74) is -0.957. The fraction of sp³-hybridized carbons (Fsp3) is 0.692. The van der Waals surface area contributed by atoms with Crippen LogP contribution in [0.3, 0.4) is 0 Å². The maximum Gasteiger partial charge on any atom is 0.408 e. The van der Waals surface area contributed by atoms with E-state index in [0.717, 1.165) is 12.8 Å². The first-order valence-electron chi connectivity index (χ1n) is 6.35. The Hall–Kier alpha value is -1.52. The monoisotopic (exact) mass is 255 g/mol. The zero-order valence-corrected chi connectivity index (χ0v) is 11.0. The molecule has 2 atom stereocenters. The summed E-state index contributed by atoms with van der Waals surface area (Å²) < 4.78 is 9.96. The summed E-state index contributed by atoms with van der Waals surface area (Å²) in [5, 5.41) is 2.60. The molecule has 1 N–H and O–H groups in total. The predicted molar refractivity (Wildman–Crippen MR) is 67.1 cm³/mol. The Morgan fingerprint density at radius 2 is 2.17 bits per heavy atom. The molecule has 0 aromatic heterocycles. The maximum atomic E-state index is 11.8. The lowest BCUT2D eigenvalue weighted by molar-refractivity contribution is -0.147. The third kappa shape index (κ3) is 3.24. The summed E-state index contributed by atoms with van der Waals surface area (Å²) in [6.45, 7) is 8.04. The zero-order valence-electron chi connectivity index (χ0n) is 11.0. The molecular formula is C13H21NO4. The van der Waals surface area contributed by atoms with Crippen molar-refractivity contribution in [3.8, 4) is 0 Å². The van der Waals surface area contributed by atoms with Crippen molar-refractivity contribution in [3.05, 3.63) is 12.7 Å². The van der Waals surface area contributed by atoms with Crippen LogP contribution in [0, 0.1) is 5.92 Å². The standard InChI is InChI=1S/C13H21NO4/c1-4-7-8-18-12(16)14-13(9-10(13)5-2)11(15)17-6-3/h5,10H,2,4,6-9H2,1,3H3,(H,14,16)/t10-,13-/m1/s1. The third-order valence-electron chi connectivity index (χ3n) is 3.00. The minimum Gasteiger partial charge on any atom is -0.464 e. The fourth-order valence-corrected chi connectivity index (χ4v) is 1.79. The molecule has 0 heterocycles. The smallest absolute Gasteiger partial charge is 0.408 e. The number of unbranched alkanes of at least 4 members (excludes halogenated alkanes) is 1. The highest BCUT2D eigenvalue weighted by Crippen LogP contribution is 2.45. The van der Waals surface area contributed by atoms with Gasteiger partial charge in [0.05, 0.1) is 13.2 Å². The summed E-state index contributed by atoms with van der Waals surface area (Å²) in [6, 6.07) is 0. The van der Waals surface area contributed by atoms with E-state index in [1.54, 1.807) is 13.0 Å². The molecule has 0 saturated heterocycles. The largest absolute Gasteiger partial charge is 0.464 e. The van der Waals surface area contributed by atoms with Crippen molar-refractivity contribution >= 4 is 12.1 Å². The molecule has 5 heteroatoms. The molecule has 5 nitrogen and oxygen atoms in total. The van der Waals surface area contributed by atoms with Crippen molar-refractivity contribution in [3.63, 3.8) is 0 Å². The Morgan fingerprint density at radius 3 is 2.67 bits per heavy atom. The second-order valence-electron chi connectivity index (χ2n) is 4.35. The lowest BCUT2D eigenvalue weighted by Gasteiger charge is -2.16. The van der Waals surface area contributed by atoms with Gasteiger partial charge in [-0.1, -0.05) is 19.4 Å². The molecule has 0 spiro atoms. The second-order valence-corrected chi connectivity index (χ2v) is 4.35. The van der Waals surface area contributed by atoms with E-state index in [1.807, 2.05) is 6.92 Å². The van der Waals surface area contributed by atoms with E-state index in [0.29, 0.717) is 13.0 Å². The highest BCUT2D eigenvalue weighted by molar-refractivity contribution is 5.90. The highest BCUT2D eigenvalue weighted by atomic mass is 16.6. The first kappa shape index (κ1) is 14.5. The molecule has 0 aliphatic heterocycles. The van der Waals surface area contributed by atoms with Gasteiger partial charge in [-0.25, -0.2) is 9.59 Å². The molecular weight excluding hydrogens is 234 g/mol. The summed E-state index contributed by atoms with van der Waals surface area (Å²) >= 11 is 0. The number of nitrogens with one attached hydrogen (secondary N) is 1. The van der Waals surface area contributed by atoms with Gasteiger partial charge in [0.15, 0.2) is 0 Å². The zero-order chi connectivity index (χ0) is 13.6. The summed E-state index contributed by atoms with van der Waals surface area (Å²) in [7, 11) is 0. The van der Waals surface area contributed by atoms with Gasteiger partial charge in [0.1, 0.15) is 5.54 Å². The quantitative estimate of drug-likeness (QED) is 0.429. The number of ether oxygens (including phenoxy) is 2. The first-order valence-corrected chi connectivity index (χ1v) is 6.35. The number of esters is 1. The van der Waals surface area contributed by atoms with Crippen LogP contribution in [0.5, 0.6) is 0 Å². The number of rotatable bonds is 7. The van der Waals surface area contributed by atoms with E-state index >= 15 is 0 Å². The highest BCUT2D eigenvalue weighted by Gasteiger charge is 2.61. The van der Waals surface area contributed by atoms with Gasteiger partial charge in [-0.15, -0.1) is 6.58 Å². The van der Waals surface area contributed by atoms with E-state index < -0.39 is 17.6 Å². The van der Waals surface area contributed by atoms with Gasteiger partial charge in [-0.3, -0.25) is 0 Å². The Kier molecular flexibility index (Phi) is 5.19. The van der Waals surface area contributed by atoms with Crippen molar-refractivity contribution in [2.45, 2.75) is 38.6 Å². The molecule has 18 heavy (non-hydrogen) atoms. The van der Waals surface area contributed by atoms with Crippen LogP contribution in [0.2, 0.25) is 0 Å². The van der Waals surface area contributed by atoms with Crippen molar-refractivity contribution in [2.24, 2.45) is 5.92 Å². The SMILES string of the molecule is C=C[C@@H]1C[C@]1(NC(=O)OCCCC)C(=O)OCC. The number of hydrogen-bond donors (Lipinski definition) is 1. The molecule has 1 aliphatic rings. The van der Waals surface area contributed by atoms with Crippen LogP contribution in [-0.4, -0.2) is 30.8 Å². The molecule has 1 amide bonds. The number of amides is 1. The third-order valence-corrected chi connectivity index (χ3v) is 3.00. The van der Waals surface area contributed by atoms with Gasteiger partial charge in [0.2, 0.25) is 0 Å². The molecule has 0 bridgehead atoms. The lowest BCUT2D eigenvalue weighted by Crippen LogP contribution is -2.46. The Morgan fingerprint density at radius 1 is 1.44 bits per heavy atom. The molecule has 1 rings (SSSR count). The Labute approximate surface area is 108 Å². The molecule has 0 aromatic rings. The summed E-state index contributed by atoms with van der Waals surface area (Å²) in [6.07, 6.45) is 3.37. The second kappa shape index (κ2) is 6.42. The van der Waals surface area contributed by atoms with Gasteiger partial charge < -0.3 is 14.8 Å². The Bertz CT molecular complexity index is 329. The van der Waals surface area contributed by atoms with Gasteiger partial charge in [0.25, 0.3) is 0 Å². The van der Waals surface area contributed by atoms with Crippen molar-refractivity contribution in [2.75, 3.05) is 13.2 Å². The van der Waals surface area contributed by atoms with Crippen molar-refractivity contribution in [1.82, 2.24) is 5.32 Å². The number of carbonyl (C=O) groups excluding carboxylic acids is 2. The molecule has 0 unspecified atom stereocenters. The van der Waals surface area contributed by atoms with Crippen LogP contribution in [0.4, 0.5) is 4.79 Å². The van der Waals surface area contributed by atoms with Crippen LogP contribution in [0.1, 0.15) is 33.1 Å². The van der Waals surface area contributed by atoms with Crippen LogP contribution < -0.4 is 5.32 Å². The Balaban J connectivity index is 2.51. The number of hydrogen-bond acceptors (Lipinski definition) is 4. The molecule has 102 valence electrons. The van der Waals surface area contributed by atoms with E-state index in [1.165, 1.54) is 0 Å². The first-order chi connectivity index (χ1) is 8.60. The number of alkyl carbamates (subject to hydrolysis) is 1.